The molecule has 0 fully saturated rings. The molecule has 0 amide bonds. The quantitative estimate of drug-likeness (QED) is 0.459. The molecule has 1 N–H and O–H groups in total. The van der Waals surface area contributed by atoms with E-state index in [2.05, 4.69) is 5.16 Å². The lowest BCUT2D eigenvalue weighted by Crippen LogP contribution is -1.97. The molecule has 0 radical (unpaired) electrons. The van der Waals surface area contributed by atoms with Crippen molar-refractivity contribution in [2.24, 2.45) is 5.16 Å². The summed E-state index contributed by atoms with van der Waals surface area (Å²) < 4.78 is 10.2. The Morgan fingerprint density at radius 1 is 1.53 bits per heavy atom. The molecule has 0 aliphatic heterocycles. The molecule has 1 aromatic carbocycles. The molecule has 1 aromatic rings. The van der Waals surface area contributed by atoms with E-state index in [9.17, 15) is 0 Å². The Hall–Kier alpha value is -2.22. The third-order valence-electron chi connectivity index (χ3n) is 1.69. The zero-order valence-electron chi connectivity index (χ0n) is 8.17. The van der Waals surface area contributed by atoms with Crippen molar-refractivity contribution in [2.45, 2.75) is 0 Å². The number of methoxy groups -OCH3 is 1. The number of ether oxygens (including phenoxy) is 2. The summed E-state index contributed by atoms with van der Waals surface area (Å²) in [4.78, 5) is 0. The van der Waals surface area contributed by atoms with Crippen molar-refractivity contribution in [3.8, 4) is 17.6 Å². The molecule has 15 heavy (non-hydrogen) atoms. The first kappa shape index (κ1) is 10.9. The fourth-order valence-corrected chi connectivity index (χ4v) is 1.06. The van der Waals surface area contributed by atoms with Crippen LogP contribution in [0.4, 0.5) is 0 Å². The van der Waals surface area contributed by atoms with Gasteiger partial charge in [0.05, 0.1) is 13.3 Å². The van der Waals surface area contributed by atoms with Crippen molar-refractivity contribution >= 4 is 6.21 Å². The van der Waals surface area contributed by atoms with E-state index in [4.69, 9.17) is 19.9 Å². The molecule has 1 rings (SSSR count). The highest BCUT2D eigenvalue weighted by atomic mass is 16.5. The third kappa shape index (κ3) is 2.88. The predicted molar refractivity (Wildman–Crippen MR) is 53.5 cm³/mol. The summed E-state index contributed by atoms with van der Waals surface area (Å²) in [6, 6.07) is 6.84. The Morgan fingerprint density at radius 3 is 2.93 bits per heavy atom. The summed E-state index contributed by atoms with van der Waals surface area (Å²) in [6.07, 6.45) is 1.27. The lowest BCUT2D eigenvalue weighted by molar-refractivity contribution is 0.321. The highest BCUT2D eigenvalue weighted by molar-refractivity contribution is 5.80. The van der Waals surface area contributed by atoms with E-state index < -0.39 is 0 Å². The molecule has 0 aromatic heterocycles. The van der Waals surface area contributed by atoms with Crippen molar-refractivity contribution in [1.82, 2.24) is 0 Å². The maximum atomic E-state index is 8.36. The van der Waals surface area contributed by atoms with Gasteiger partial charge in [-0.1, -0.05) is 5.16 Å². The number of rotatable bonds is 4. The van der Waals surface area contributed by atoms with Gasteiger partial charge in [-0.2, -0.15) is 5.26 Å². The smallest absolute Gasteiger partial charge is 0.174 e. The molecule has 0 aliphatic carbocycles. The Kier molecular flexibility index (Phi) is 3.98. The molecule has 5 heteroatoms. The first-order valence-corrected chi connectivity index (χ1v) is 4.17. The molecule has 0 spiro atoms. The molecule has 0 saturated carbocycles. The largest absolute Gasteiger partial charge is 0.493 e. The van der Waals surface area contributed by atoms with Crippen molar-refractivity contribution in [2.75, 3.05) is 13.7 Å². The van der Waals surface area contributed by atoms with Gasteiger partial charge >= 0.3 is 0 Å². The molecule has 0 unspecified atom stereocenters. The lowest BCUT2D eigenvalue weighted by Gasteiger charge is -2.08. The van der Waals surface area contributed by atoms with Crippen molar-refractivity contribution in [1.29, 1.82) is 5.26 Å². The van der Waals surface area contributed by atoms with Crippen LogP contribution in [-0.4, -0.2) is 25.1 Å². The zero-order valence-corrected chi connectivity index (χ0v) is 8.17. The SMILES string of the molecule is COc1cc(/C=N/O)ccc1OCC#N. The number of hydrogen-bond acceptors (Lipinski definition) is 5. The first-order valence-electron chi connectivity index (χ1n) is 4.17. The Morgan fingerprint density at radius 2 is 2.33 bits per heavy atom. The van der Waals surface area contributed by atoms with Crippen LogP contribution in [0.15, 0.2) is 23.4 Å². The van der Waals surface area contributed by atoms with Crippen molar-refractivity contribution < 1.29 is 14.7 Å². The van der Waals surface area contributed by atoms with E-state index in [0.717, 1.165) is 0 Å². The molecule has 0 heterocycles. The number of nitriles is 1. The Labute approximate surface area is 87.2 Å². The highest BCUT2D eigenvalue weighted by Crippen LogP contribution is 2.27. The molecular weight excluding hydrogens is 196 g/mol. The average molecular weight is 206 g/mol. The number of oxime groups is 1. The summed E-state index contributed by atoms with van der Waals surface area (Å²) in [5.74, 6) is 0.969. The molecule has 5 nitrogen and oxygen atoms in total. The standard InChI is InChI=1S/C10H10N2O3/c1-14-10-6-8(7-12-13)2-3-9(10)15-5-4-11/h2-3,6-7,13H,5H2,1H3/b12-7+. The number of benzene rings is 1. The van der Waals surface area contributed by atoms with Gasteiger partial charge in [0.15, 0.2) is 18.1 Å². The summed E-state index contributed by atoms with van der Waals surface area (Å²) in [5.41, 5.74) is 0.679. The van der Waals surface area contributed by atoms with Crippen LogP contribution in [0, 0.1) is 11.3 Å². The lowest BCUT2D eigenvalue weighted by atomic mass is 10.2. The molecule has 0 bridgehead atoms. The topological polar surface area (TPSA) is 74.8 Å². The van der Waals surface area contributed by atoms with Crippen LogP contribution in [0.25, 0.3) is 0 Å². The van der Waals surface area contributed by atoms with E-state index in [1.54, 1.807) is 18.2 Å². The third-order valence-corrected chi connectivity index (χ3v) is 1.69. The molecule has 78 valence electrons. The normalized spacial score (nSPS) is 9.87. The van der Waals surface area contributed by atoms with Gasteiger partial charge in [-0.05, 0) is 18.2 Å². The predicted octanol–water partition coefficient (Wildman–Crippen LogP) is 1.41. The first-order chi connectivity index (χ1) is 7.31. The van der Waals surface area contributed by atoms with Gasteiger partial charge in [0.1, 0.15) is 6.07 Å². The Bertz CT molecular complexity index is 396. The monoisotopic (exact) mass is 206 g/mol. The average Bonchev–Trinajstić information content (AvgIpc) is 2.27. The van der Waals surface area contributed by atoms with Crippen LogP contribution < -0.4 is 9.47 Å². The van der Waals surface area contributed by atoms with Crippen LogP contribution in [0.3, 0.4) is 0 Å². The minimum absolute atomic E-state index is 0.0379. The number of nitrogens with zero attached hydrogens (tertiary/aromatic N) is 2. The van der Waals surface area contributed by atoms with Gasteiger partial charge in [0.25, 0.3) is 0 Å². The summed E-state index contributed by atoms with van der Waals surface area (Å²) in [5, 5.41) is 19.6. The number of hydrogen-bond donors (Lipinski definition) is 1. The van der Waals surface area contributed by atoms with Crippen molar-refractivity contribution in [3.05, 3.63) is 23.8 Å². The highest BCUT2D eigenvalue weighted by Gasteiger charge is 2.04. The zero-order chi connectivity index (χ0) is 11.1. The van der Waals surface area contributed by atoms with E-state index in [-0.39, 0.29) is 6.61 Å². The van der Waals surface area contributed by atoms with Gasteiger partial charge in [-0.25, -0.2) is 0 Å². The van der Waals surface area contributed by atoms with Crippen LogP contribution in [0.2, 0.25) is 0 Å². The summed E-state index contributed by atoms with van der Waals surface area (Å²) in [6.45, 7) is -0.0379. The van der Waals surface area contributed by atoms with Gasteiger partial charge in [0, 0.05) is 5.56 Å². The van der Waals surface area contributed by atoms with Gasteiger partial charge in [-0.15, -0.1) is 0 Å². The van der Waals surface area contributed by atoms with E-state index in [1.807, 2.05) is 6.07 Å². The van der Waals surface area contributed by atoms with Gasteiger partial charge < -0.3 is 14.7 Å². The fourth-order valence-electron chi connectivity index (χ4n) is 1.06. The van der Waals surface area contributed by atoms with Crippen LogP contribution in [0.5, 0.6) is 11.5 Å². The minimum atomic E-state index is -0.0379. The Balaban J connectivity index is 2.94. The second kappa shape index (κ2) is 5.50. The molecule has 0 saturated heterocycles. The maximum Gasteiger partial charge on any atom is 0.174 e. The van der Waals surface area contributed by atoms with Crippen LogP contribution >= 0.6 is 0 Å². The fraction of sp³-hybridized carbons (Fsp3) is 0.200. The van der Waals surface area contributed by atoms with Gasteiger partial charge in [0.2, 0.25) is 0 Å². The van der Waals surface area contributed by atoms with Gasteiger partial charge in [-0.3, -0.25) is 0 Å². The van der Waals surface area contributed by atoms with Crippen LogP contribution in [-0.2, 0) is 0 Å². The maximum absolute atomic E-state index is 8.36. The molecule has 0 aliphatic rings. The molecule has 0 atom stereocenters. The van der Waals surface area contributed by atoms with Crippen LogP contribution in [0.1, 0.15) is 5.56 Å². The summed E-state index contributed by atoms with van der Waals surface area (Å²) in [7, 11) is 1.49. The van der Waals surface area contributed by atoms with E-state index in [0.29, 0.717) is 17.1 Å². The second-order valence-corrected chi connectivity index (χ2v) is 2.60. The van der Waals surface area contributed by atoms with Crippen molar-refractivity contribution in [3.63, 3.8) is 0 Å². The minimum Gasteiger partial charge on any atom is -0.493 e. The second-order valence-electron chi connectivity index (χ2n) is 2.60. The van der Waals surface area contributed by atoms with E-state index >= 15 is 0 Å². The summed E-state index contributed by atoms with van der Waals surface area (Å²) >= 11 is 0. The van der Waals surface area contributed by atoms with E-state index in [1.165, 1.54) is 13.3 Å². The molecular formula is C10H10N2O3.